The fourth-order valence-electron chi connectivity index (χ4n) is 3.92. The molecule has 0 atom stereocenters. The Balaban J connectivity index is 1.39. The highest BCUT2D eigenvalue weighted by atomic mass is 79.9. The number of piperazine rings is 1. The van der Waals surface area contributed by atoms with Gasteiger partial charge in [0.25, 0.3) is 0 Å². The van der Waals surface area contributed by atoms with Gasteiger partial charge in [-0.05, 0) is 42.9 Å². The van der Waals surface area contributed by atoms with Crippen molar-refractivity contribution in [2.24, 2.45) is 0 Å². The molecule has 1 aliphatic rings. The van der Waals surface area contributed by atoms with Gasteiger partial charge < -0.3 is 20.3 Å². The number of halogens is 3. The van der Waals surface area contributed by atoms with Crippen LogP contribution in [0.1, 0.15) is 11.1 Å². The zero-order valence-corrected chi connectivity index (χ0v) is 24.5. The van der Waals surface area contributed by atoms with E-state index in [0.717, 1.165) is 10.0 Å². The average Bonchev–Trinajstić information content (AvgIpc) is 2.89. The number of likely N-dealkylation sites (N-methyl/N-ethyl adjacent to an activating group) is 1. The number of benzene rings is 3. The summed E-state index contributed by atoms with van der Waals surface area (Å²) in [7, 11) is -1.70. The lowest BCUT2D eigenvalue weighted by atomic mass is 10.2. The fourth-order valence-corrected chi connectivity index (χ4v) is 6.19. The van der Waals surface area contributed by atoms with Gasteiger partial charge in [-0.2, -0.15) is 4.31 Å². The van der Waals surface area contributed by atoms with Gasteiger partial charge in [0, 0.05) is 55.4 Å². The summed E-state index contributed by atoms with van der Waals surface area (Å²) >= 11 is 15.5. The molecule has 0 unspecified atom stereocenters. The first-order chi connectivity index (χ1) is 18.1. The molecule has 1 saturated heterocycles. The molecule has 3 aromatic rings. The Kier molecular flexibility index (Phi) is 9.56. The Morgan fingerprint density at radius 3 is 2.32 bits per heavy atom. The highest BCUT2D eigenvalue weighted by Gasteiger charge is 2.29. The minimum absolute atomic E-state index is 0.0575. The Hall–Kier alpha value is -2.34. The molecule has 0 saturated carbocycles. The summed E-state index contributed by atoms with van der Waals surface area (Å²) in [6, 6.07) is 16.7. The lowest BCUT2D eigenvalue weighted by Gasteiger charge is -2.32. The van der Waals surface area contributed by atoms with Crippen molar-refractivity contribution < 1.29 is 17.9 Å². The van der Waals surface area contributed by atoms with Crippen LogP contribution in [0.5, 0.6) is 11.5 Å². The molecule has 0 radical (unpaired) electrons. The minimum Gasteiger partial charge on any atom is -0.457 e. The van der Waals surface area contributed by atoms with E-state index in [1.807, 2.05) is 19.2 Å². The van der Waals surface area contributed by atoms with Crippen molar-refractivity contribution >= 4 is 55.2 Å². The molecule has 2 N–H and O–H groups in total. The van der Waals surface area contributed by atoms with Crippen LogP contribution in [0.25, 0.3) is 0 Å². The minimum atomic E-state index is -3.67. The Morgan fingerprint density at radius 2 is 1.61 bits per heavy atom. The van der Waals surface area contributed by atoms with Crippen molar-refractivity contribution in [3.8, 4) is 11.5 Å². The van der Waals surface area contributed by atoms with Crippen LogP contribution in [-0.2, 0) is 23.1 Å². The van der Waals surface area contributed by atoms with Crippen LogP contribution in [-0.4, -0.2) is 56.9 Å². The number of sulfonamides is 1. The summed E-state index contributed by atoms with van der Waals surface area (Å²) in [5.41, 5.74) is 1.25. The van der Waals surface area contributed by atoms with E-state index < -0.39 is 16.1 Å². The van der Waals surface area contributed by atoms with Gasteiger partial charge in [0.2, 0.25) is 10.0 Å². The van der Waals surface area contributed by atoms with Gasteiger partial charge in [0.1, 0.15) is 11.5 Å². The predicted molar refractivity (Wildman–Crippen MR) is 152 cm³/mol. The number of carbonyl (C=O) groups excluding carboxylic acids is 1. The van der Waals surface area contributed by atoms with E-state index in [1.165, 1.54) is 4.31 Å². The lowest BCUT2D eigenvalue weighted by Crippen LogP contribution is -2.47. The Labute approximate surface area is 241 Å². The van der Waals surface area contributed by atoms with E-state index in [0.29, 0.717) is 53.3 Å². The largest absolute Gasteiger partial charge is 0.457 e. The second-order valence-electron chi connectivity index (χ2n) is 8.78. The number of hydrogen-bond acceptors (Lipinski definition) is 5. The van der Waals surface area contributed by atoms with Crippen LogP contribution in [0.4, 0.5) is 4.79 Å². The number of rotatable bonds is 8. The molecule has 0 bridgehead atoms. The molecular weight excluding hydrogens is 615 g/mol. The summed E-state index contributed by atoms with van der Waals surface area (Å²) in [5.74, 6) is 1.03. The zero-order valence-electron chi connectivity index (χ0n) is 20.6. The molecule has 0 aromatic heterocycles. The van der Waals surface area contributed by atoms with Gasteiger partial charge >= 0.3 is 6.03 Å². The highest BCUT2D eigenvalue weighted by Crippen LogP contribution is 2.32. The summed E-state index contributed by atoms with van der Waals surface area (Å²) < 4.78 is 34.8. The lowest BCUT2D eigenvalue weighted by molar-refractivity contribution is 0.222. The van der Waals surface area contributed by atoms with Gasteiger partial charge in [0.15, 0.2) is 0 Å². The highest BCUT2D eigenvalue weighted by molar-refractivity contribution is 9.10. The number of nitrogens with one attached hydrogen (secondary N) is 2. The molecule has 3 aromatic carbocycles. The molecule has 1 heterocycles. The van der Waals surface area contributed by atoms with E-state index in [1.54, 1.807) is 48.5 Å². The Bertz CT molecular complexity index is 1420. The number of ether oxygens (including phenoxy) is 1. The molecule has 202 valence electrons. The molecule has 4 rings (SSSR count). The van der Waals surface area contributed by atoms with E-state index in [9.17, 15) is 13.2 Å². The SMILES string of the molecule is CN1CCN(S(=O)(=O)c2ccccc2CNC(=O)NCc2ccc(Br)cc2Oc2ccc(Cl)c(Cl)c2)CC1. The number of hydrogen-bond donors (Lipinski definition) is 2. The molecule has 38 heavy (non-hydrogen) atoms. The van der Waals surface area contributed by atoms with Crippen molar-refractivity contribution in [3.05, 3.63) is 86.3 Å². The summed E-state index contributed by atoms with van der Waals surface area (Å²) in [5, 5.41) is 6.36. The van der Waals surface area contributed by atoms with Crippen molar-refractivity contribution in [1.82, 2.24) is 19.8 Å². The van der Waals surface area contributed by atoms with E-state index >= 15 is 0 Å². The zero-order chi connectivity index (χ0) is 27.3. The van der Waals surface area contributed by atoms with Crippen LogP contribution in [0.15, 0.2) is 70.0 Å². The van der Waals surface area contributed by atoms with Crippen LogP contribution < -0.4 is 15.4 Å². The van der Waals surface area contributed by atoms with E-state index in [-0.39, 0.29) is 18.0 Å². The molecule has 12 heteroatoms. The third-order valence-electron chi connectivity index (χ3n) is 6.08. The third kappa shape index (κ3) is 7.19. The first kappa shape index (κ1) is 28.7. The molecule has 1 fully saturated rings. The van der Waals surface area contributed by atoms with Crippen LogP contribution >= 0.6 is 39.1 Å². The molecule has 0 aliphatic carbocycles. The van der Waals surface area contributed by atoms with Crippen molar-refractivity contribution in [2.45, 2.75) is 18.0 Å². The van der Waals surface area contributed by atoms with Gasteiger partial charge in [-0.25, -0.2) is 13.2 Å². The number of carbonyl (C=O) groups is 1. The number of amides is 2. The van der Waals surface area contributed by atoms with Crippen molar-refractivity contribution in [3.63, 3.8) is 0 Å². The number of nitrogens with zero attached hydrogens (tertiary/aromatic N) is 2. The van der Waals surface area contributed by atoms with Crippen molar-refractivity contribution in [1.29, 1.82) is 0 Å². The second kappa shape index (κ2) is 12.7. The van der Waals surface area contributed by atoms with Crippen LogP contribution in [0.3, 0.4) is 0 Å². The normalized spacial score (nSPS) is 14.7. The van der Waals surface area contributed by atoms with E-state index in [2.05, 4.69) is 31.5 Å². The standard InChI is InChI=1S/C26H27BrCl2N4O4S/c1-32-10-12-33(13-11-32)38(35,36)25-5-3-2-4-19(25)17-31-26(34)30-16-18-6-7-20(27)14-24(18)37-21-8-9-22(28)23(29)15-21/h2-9,14-15H,10-13,16-17H2,1H3,(H2,30,31,34). The quantitative estimate of drug-likeness (QED) is 0.340. The Morgan fingerprint density at radius 1 is 0.921 bits per heavy atom. The maximum absolute atomic E-state index is 13.3. The van der Waals surface area contributed by atoms with Crippen molar-refractivity contribution in [2.75, 3.05) is 33.2 Å². The predicted octanol–water partition coefficient (Wildman–Crippen LogP) is 5.48. The second-order valence-corrected chi connectivity index (χ2v) is 12.4. The van der Waals surface area contributed by atoms with Crippen LogP contribution in [0, 0.1) is 0 Å². The molecule has 1 aliphatic heterocycles. The maximum atomic E-state index is 13.3. The molecular formula is C26H27BrCl2N4O4S. The van der Waals surface area contributed by atoms with Crippen LogP contribution in [0.2, 0.25) is 10.0 Å². The first-order valence-corrected chi connectivity index (χ1v) is 14.8. The van der Waals surface area contributed by atoms with Gasteiger partial charge in [-0.15, -0.1) is 0 Å². The topological polar surface area (TPSA) is 91.0 Å². The fraction of sp³-hybridized carbons (Fsp3) is 0.269. The third-order valence-corrected chi connectivity index (χ3v) is 9.31. The monoisotopic (exact) mass is 640 g/mol. The van der Waals surface area contributed by atoms with Gasteiger partial charge in [-0.3, -0.25) is 0 Å². The average molecular weight is 642 g/mol. The van der Waals surface area contributed by atoms with E-state index in [4.69, 9.17) is 27.9 Å². The molecule has 2 amide bonds. The smallest absolute Gasteiger partial charge is 0.315 e. The summed E-state index contributed by atoms with van der Waals surface area (Å²) in [6.07, 6.45) is 0. The summed E-state index contributed by atoms with van der Waals surface area (Å²) in [4.78, 5) is 14.9. The molecule has 0 spiro atoms. The first-order valence-electron chi connectivity index (χ1n) is 11.8. The summed E-state index contributed by atoms with van der Waals surface area (Å²) in [6.45, 7) is 2.45. The van der Waals surface area contributed by atoms with Gasteiger partial charge in [-0.1, -0.05) is 63.4 Å². The van der Waals surface area contributed by atoms with Gasteiger partial charge in [0.05, 0.1) is 14.9 Å². The maximum Gasteiger partial charge on any atom is 0.315 e. The molecule has 8 nitrogen and oxygen atoms in total. The number of urea groups is 1.